The number of rotatable bonds is 7. The lowest BCUT2D eigenvalue weighted by Crippen LogP contribution is -2.38. The van der Waals surface area contributed by atoms with Crippen molar-refractivity contribution in [3.8, 4) is 0 Å². The van der Waals surface area contributed by atoms with Crippen LogP contribution >= 0.6 is 0 Å². The Balaban J connectivity index is 2.86. The number of ether oxygens (including phenoxy) is 2. The van der Waals surface area contributed by atoms with Crippen LogP contribution in [0.15, 0.2) is 30.3 Å². The fourth-order valence-electron chi connectivity index (χ4n) is 1.56. The maximum absolute atomic E-state index is 13.7. The highest BCUT2D eigenvalue weighted by Crippen LogP contribution is 2.35. The second-order valence-electron chi connectivity index (χ2n) is 4.30. The van der Waals surface area contributed by atoms with Gasteiger partial charge in [-0.05, 0) is 5.56 Å². The van der Waals surface area contributed by atoms with Crippen LogP contribution in [-0.4, -0.2) is 35.5 Å². The quantitative estimate of drug-likeness (QED) is 0.773. The predicted molar refractivity (Wildman–Crippen MR) is 69.1 cm³/mol. The molecule has 1 unspecified atom stereocenters. The van der Waals surface area contributed by atoms with Gasteiger partial charge in [-0.1, -0.05) is 30.3 Å². The molecule has 0 aliphatic heterocycles. The van der Waals surface area contributed by atoms with Gasteiger partial charge in [0.05, 0.1) is 6.42 Å². The third-order valence-corrected chi connectivity index (χ3v) is 2.58. The summed E-state index contributed by atoms with van der Waals surface area (Å²) < 4.78 is 36.6. The van der Waals surface area contributed by atoms with E-state index in [0.29, 0.717) is 0 Å². The number of aliphatic carboxylic acids is 1. The number of halogens is 2. The lowest BCUT2D eigenvalue weighted by molar-refractivity contribution is -0.195. The highest BCUT2D eigenvalue weighted by atomic mass is 19.3. The molecule has 0 aliphatic rings. The minimum Gasteiger partial charge on any atom is -0.477 e. The Bertz CT molecular complexity index is 544. The Kier molecular flexibility index (Phi) is 5.97. The molecule has 0 amide bonds. The van der Waals surface area contributed by atoms with Gasteiger partial charge in [-0.3, -0.25) is 9.59 Å². The summed E-state index contributed by atoms with van der Waals surface area (Å²) in [6, 6.07) is 6.81. The van der Waals surface area contributed by atoms with Crippen LogP contribution in [-0.2, 0) is 23.9 Å². The standard InChI is InChI=1S/C14H14F2O6/c1-9(17)21-8-7-11(18)22-12(14(15,16)13(19)20)10-5-3-2-4-6-10/h2-6,12H,7-8H2,1H3,(H,19,20). The summed E-state index contributed by atoms with van der Waals surface area (Å²) >= 11 is 0. The number of benzene rings is 1. The van der Waals surface area contributed by atoms with Crippen molar-refractivity contribution in [2.75, 3.05) is 6.61 Å². The normalized spacial score (nSPS) is 12.3. The van der Waals surface area contributed by atoms with Gasteiger partial charge in [0.25, 0.3) is 0 Å². The number of carbonyl (C=O) groups is 3. The van der Waals surface area contributed by atoms with E-state index in [1.807, 2.05) is 0 Å². The van der Waals surface area contributed by atoms with Gasteiger partial charge >= 0.3 is 23.8 Å². The third kappa shape index (κ3) is 4.80. The molecule has 6 nitrogen and oxygen atoms in total. The largest absolute Gasteiger partial charge is 0.477 e. The van der Waals surface area contributed by atoms with E-state index in [0.717, 1.165) is 6.92 Å². The van der Waals surface area contributed by atoms with Crippen LogP contribution in [0.5, 0.6) is 0 Å². The van der Waals surface area contributed by atoms with E-state index < -0.39 is 36.4 Å². The molecule has 0 radical (unpaired) electrons. The van der Waals surface area contributed by atoms with Crippen LogP contribution in [0.3, 0.4) is 0 Å². The van der Waals surface area contributed by atoms with Crippen molar-refractivity contribution in [2.24, 2.45) is 0 Å². The van der Waals surface area contributed by atoms with Crippen molar-refractivity contribution < 1.29 is 37.7 Å². The first kappa shape index (κ1) is 17.5. The van der Waals surface area contributed by atoms with Crippen molar-refractivity contribution in [3.63, 3.8) is 0 Å². The molecule has 1 aromatic rings. The number of carboxylic acids is 1. The van der Waals surface area contributed by atoms with E-state index in [-0.39, 0.29) is 12.2 Å². The summed E-state index contributed by atoms with van der Waals surface area (Å²) in [7, 11) is 0. The lowest BCUT2D eigenvalue weighted by atomic mass is 10.0. The van der Waals surface area contributed by atoms with E-state index in [1.165, 1.54) is 24.3 Å². The van der Waals surface area contributed by atoms with Gasteiger partial charge in [-0.15, -0.1) is 0 Å². The molecule has 0 bridgehead atoms. The Labute approximate surface area is 124 Å². The Hall–Kier alpha value is -2.51. The molecule has 1 rings (SSSR count). The number of carbonyl (C=O) groups excluding carboxylic acids is 2. The summed E-state index contributed by atoms with van der Waals surface area (Å²) in [6.45, 7) is 0.783. The molecule has 0 fully saturated rings. The van der Waals surface area contributed by atoms with E-state index in [2.05, 4.69) is 9.47 Å². The van der Waals surface area contributed by atoms with Crippen molar-refractivity contribution in [2.45, 2.75) is 25.4 Å². The van der Waals surface area contributed by atoms with Crippen LogP contribution in [0, 0.1) is 0 Å². The van der Waals surface area contributed by atoms with E-state index in [4.69, 9.17) is 5.11 Å². The van der Waals surface area contributed by atoms with Crippen LogP contribution in [0.25, 0.3) is 0 Å². The molecule has 1 atom stereocenters. The van der Waals surface area contributed by atoms with Gasteiger partial charge in [-0.25, -0.2) is 4.79 Å². The fourth-order valence-corrected chi connectivity index (χ4v) is 1.56. The van der Waals surface area contributed by atoms with Gasteiger partial charge in [0.1, 0.15) is 6.61 Å². The average Bonchev–Trinajstić information content (AvgIpc) is 2.45. The lowest BCUT2D eigenvalue weighted by Gasteiger charge is -2.23. The highest BCUT2D eigenvalue weighted by molar-refractivity contribution is 5.78. The van der Waals surface area contributed by atoms with Crippen LogP contribution in [0.1, 0.15) is 25.0 Å². The first-order chi connectivity index (χ1) is 10.2. The number of alkyl halides is 2. The zero-order valence-electron chi connectivity index (χ0n) is 11.6. The number of hydrogen-bond acceptors (Lipinski definition) is 5. The zero-order chi connectivity index (χ0) is 16.8. The fraction of sp³-hybridized carbons (Fsp3) is 0.357. The monoisotopic (exact) mass is 316 g/mol. The second-order valence-corrected chi connectivity index (χ2v) is 4.30. The van der Waals surface area contributed by atoms with Crippen molar-refractivity contribution in [1.29, 1.82) is 0 Å². The van der Waals surface area contributed by atoms with Gasteiger partial charge in [-0.2, -0.15) is 8.78 Å². The molecule has 1 aromatic carbocycles. The topological polar surface area (TPSA) is 89.9 Å². The minimum atomic E-state index is -4.29. The van der Waals surface area contributed by atoms with Gasteiger partial charge < -0.3 is 14.6 Å². The summed E-state index contributed by atoms with van der Waals surface area (Å²) in [5, 5.41) is 8.62. The van der Waals surface area contributed by atoms with Crippen molar-refractivity contribution in [1.82, 2.24) is 0 Å². The smallest absolute Gasteiger partial charge is 0.382 e. The Morgan fingerprint density at radius 3 is 2.32 bits per heavy atom. The molecule has 1 N–H and O–H groups in total. The van der Waals surface area contributed by atoms with E-state index in [9.17, 15) is 23.2 Å². The van der Waals surface area contributed by atoms with Crippen LogP contribution in [0.4, 0.5) is 8.78 Å². The van der Waals surface area contributed by atoms with Crippen LogP contribution < -0.4 is 0 Å². The maximum atomic E-state index is 13.7. The molecule has 0 heterocycles. The zero-order valence-corrected chi connectivity index (χ0v) is 11.6. The van der Waals surface area contributed by atoms with Gasteiger partial charge in [0.2, 0.25) is 6.10 Å². The maximum Gasteiger partial charge on any atom is 0.382 e. The molecule has 120 valence electrons. The SMILES string of the molecule is CC(=O)OCCC(=O)OC(c1ccccc1)C(F)(F)C(=O)O. The molecule has 0 saturated carbocycles. The number of hydrogen-bond donors (Lipinski definition) is 1. The first-order valence-corrected chi connectivity index (χ1v) is 6.24. The van der Waals surface area contributed by atoms with E-state index in [1.54, 1.807) is 6.07 Å². The third-order valence-electron chi connectivity index (χ3n) is 2.58. The molecule has 0 spiro atoms. The molecule has 0 saturated heterocycles. The molecular formula is C14H14F2O6. The molecular weight excluding hydrogens is 302 g/mol. The van der Waals surface area contributed by atoms with Crippen molar-refractivity contribution >= 4 is 17.9 Å². The van der Waals surface area contributed by atoms with Crippen molar-refractivity contribution in [3.05, 3.63) is 35.9 Å². The summed E-state index contributed by atoms with van der Waals surface area (Å²) in [5.41, 5.74) is -0.157. The van der Waals surface area contributed by atoms with Gasteiger partial charge in [0.15, 0.2) is 0 Å². The second kappa shape index (κ2) is 7.48. The Morgan fingerprint density at radius 1 is 1.23 bits per heavy atom. The summed E-state index contributed by atoms with van der Waals surface area (Å²) in [6.07, 6.45) is -2.73. The van der Waals surface area contributed by atoms with Crippen LogP contribution in [0.2, 0.25) is 0 Å². The number of esters is 2. The molecule has 22 heavy (non-hydrogen) atoms. The Morgan fingerprint density at radius 2 is 1.82 bits per heavy atom. The summed E-state index contributed by atoms with van der Waals surface area (Å²) in [5.74, 6) is -8.44. The summed E-state index contributed by atoms with van der Waals surface area (Å²) in [4.78, 5) is 32.8. The highest BCUT2D eigenvalue weighted by Gasteiger charge is 2.51. The van der Waals surface area contributed by atoms with E-state index >= 15 is 0 Å². The molecule has 8 heteroatoms. The molecule has 0 aromatic heterocycles. The predicted octanol–water partition coefficient (Wildman–Crippen LogP) is 1.94. The first-order valence-electron chi connectivity index (χ1n) is 6.24. The molecule has 0 aliphatic carbocycles. The minimum absolute atomic E-state index is 0.157. The van der Waals surface area contributed by atoms with Gasteiger partial charge in [0, 0.05) is 6.92 Å². The number of carboxylic acid groups (broad SMARTS) is 1. The average molecular weight is 316 g/mol.